The molecule has 0 radical (unpaired) electrons. The van der Waals surface area contributed by atoms with E-state index in [-0.39, 0.29) is 12.1 Å². The number of nitrogens with one attached hydrogen (secondary N) is 2. The zero-order valence-electron chi connectivity index (χ0n) is 12.2. The second-order valence-corrected chi connectivity index (χ2v) is 5.51. The van der Waals surface area contributed by atoms with Crippen LogP contribution in [0, 0.1) is 0 Å². The molecule has 0 aliphatic rings. The van der Waals surface area contributed by atoms with Crippen molar-refractivity contribution in [1.29, 1.82) is 0 Å². The number of nitrogens with zero attached hydrogens (tertiary/aromatic N) is 2. The fourth-order valence-electron chi connectivity index (χ4n) is 1.86. The van der Waals surface area contributed by atoms with Crippen LogP contribution >= 0.6 is 11.5 Å². The van der Waals surface area contributed by atoms with Gasteiger partial charge in [0, 0.05) is 11.9 Å². The summed E-state index contributed by atoms with van der Waals surface area (Å²) in [6.45, 7) is 2.10. The van der Waals surface area contributed by atoms with Gasteiger partial charge in [0.2, 0.25) is 0 Å². The molecule has 2 rings (SSSR count). The first-order valence-electron chi connectivity index (χ1n) is 6.83. The average Bonchev–Trinajstić information content (AvgIpc) is 3.01. The van der Waals surface area contributed by atoms with E-state index in [9.17, 15) is 18.0 Å². The molecule has 0 saturated carbocycles. The summed E-state index contributed by atoms with van der Waals surface area (Å²) in [6, 6.07) is 4.26. The summed E-state index contributed by atoms with van der Waals surface area (Å²) >= 11 is 1.20. The van der Waals surface area contributed by atoms with Crippen LogP contribution in [0.1, 0.15) is 29.8 Å². The first-order valence-corrected chi connectivity index (χ1v) is 7.67. The molecule has 23 heavy (non-hydrogen) atoms. The molecule has 1 unspecified atom stereocenters. The van der Waals surface area contributed by atoms with Crippen molar-refractivity contribution < 1.29 is 18.0 Å². The topological polar surface area (TPSA) is 66.9 Å². The second kappa shape index (κ2) is 7.40. The van der Waals surface area contributed by atoms with E-state index in [0.717, 1.165) is 17.7 Å². The van der Waals surface area contributed by atoms with Crippen LogP contribution in [0.15, 0.2) is 29.6 Å². The lowest BCUT2D eigenvalue weighted by Gasteiger charge is -2.12. The number of halogens is 3. The van der Waals surface area contributed by atoms with Crippen molar-refractivity contribution in [2.75, 3.05) is 6.54 Å². The highest BCUT2D eigenvalue weighted by molar-refractivity contribution is 7.03. The molecule has 1 aromatic carbocycles. The Kier molecular flexibility index (Phi) is 5.54. The van der Waals surface area contributed by atoms with Crippen LogP contribution in [0.3, 0.4) is 0 Å². The third-order valence-electron chi connectivity index (χ3n) is 3.15. The Balaban J connectivity index is 1.75. The van der Waals surface area contributed by atoms with Gasteiger partial charge in [-0.15, -0.1) is 5.10 Å². The molecule has 124 valence electrons. The number of carbonyl (C=O) groups is 1. The zero-order valence-corrected chi connectivity index (χ0v) is 13.0. The molecule has 2 aromatic rings. The predicted octanol–water partition coefficient (Wildman–Crippen LogP) is 3.16. The van der Waals surface area contributed by atoms with Gasteiger partial charge < -0.3 is 10.6 Å². The van der Waals surface area contributed by atoms with Crippen molar-refractivity contribution in [3.05, 3.63) is 46.5 Å². The maximum absolute atomic E-state index is 12.4. The summed E-state index contributed by atoms with van der Waals surface area (Å²) in [5.74, 6) is 0. The van der Waals surface area contributed by atoms with Crippen molar-refractivity contribution in [1.82, 2.24) is 20.2 Å². The molecule has 0 spiro atoms. The number of amides is 2. The van der Waals surface area contributed by atoms with Gasteiger partial charge in [-0.1, -0.05) is 16.6 Å². The van der Waals surface area contributed by atoms with E-state index in [4.69, 9.17) is 0 Å². The van der Waals surface area contributed by atoms with E-state index in [1.54, 1.807) is 12.3 Å². The number of urea groups is 1. The highest BCUT2D eigenvalue weighted by Crippen LogP contribution is 2.29. The lowest BCUT2D eigenvalue weighted by Crippen LogP contribution is -2.38. The number of hydrogen-bond donors (Lipinski definition) is 2. The van der Waals surface area contributed by atoms with Crippen molar-refractivity contribution in [3.63, 3.8) is 0 Å². The molecule has 2 N–H and O–H groups in total. The third kappa shape index (κ3) is 5.20. The molecule has 1 aromatic heterocycles. The highest BCUT2D eigenvalue weighted by Gasteiger charge is 2.29. The van der Waals surface area contributed by atoms with Gasteiger partial charge in [-0.3, -0.25) is 0 Å². The van der Waals surface area contributed by atoms with Gasteiger partial charge in [-0.2, -0.15) is 13.2 Å². The van der Waals surface area contributed by atoms with Crippen LogP contribution < -0.4 is 10.6 Å². The van der Waals surface area contributed by atoms with E-state index in [2.05, 4.69) is 20.2 Å². The molecular weight excluding hydrogens is 329 g/mol. The minimum atomic E-state index is -4.34. The lowest BCUT2D eigenvalue weighted by molar-refractivity contribution is -0.137. The largest absolute Gasteiger partial charge is 0.416 e. The third-order valence-corrected chi connectivity index (χ3v) is 3.67. The summed E-state index contributed by atoms with van der Waals surface area (Å²) < 4.78 is 41.0. The minimum absolute atomic E-state index is 0.264. The van der Waals surface area contributed by atoms with E-state index >= 15 is 0 Å². The summed E-state index contributed by atoms with van der Waals surface area (Å²) in [6.07, 6.45) is -3.89. The maximum Gasteiger partial charge on any atom is 0.416 e. The molecule has 1 atom stereocenters. The van der Waals surface area contributed by atoms with Crippen molar-refractivity contribution >= 4 is 17.6 Å². The number of rotatable bonds is 5. The monoisotopic (exact) mass is 344 g/mol. The van der Waals surface area contributed by atoms with Crippen molar-refractivity contribution in [2.45, 2.75) is 25.6 Å². The van der Waals surface area contributed by atoms with Crippen LogP contribution in [0.2, 0.25) is 0 Å². The number of hydrogen-bond acceptors (Lipinski definition) is 4. The number of carbonyl (C=O) groups excluding carboxylic acids is 1. The van der Waals surface area contributed by atoms with Gasteiger partial charge in [0.15, 0.2) is 0 Å². The van der Waals surface area contributed by atoms with Gasteiger partial charge in [-0.05, 0) is 42.6 Å². The van der Waals surface area contributed by atoms with Gasteiger partial charge in [0.1, 0.15) is 0 Å². The van der Waals surface area contributed by atoms with Gasteiger partial charge in [-0.25, -0.2) is 4.79 Å². The molecule has 0 saturated heterocycles. The zero-order chi connectivity index (χ0) is 16.9. The standard InChI is InChI=1S/C14H15F3N4OS/c1-9(12-8-23-21-20-12)19-13(22)18-7-6-10-2-4-11(5-3-10)14(15,16)17/h2-5,8-9H,6-7H2,1H3,(H2,18,19,22). The quantitative estimate of drug-likeness (QED) is 0.875. The number of benzene rings is 1. The molecule has 2 amide bonds. The van der Waals surface area contributed by atoms with Crippen molar-refractivity contribution in [3.8, 4) is 0 Å². The van der Waals surface area contributed by atoms with Crippen molar-refractivity contribution in [2.24, 2.45) is 0 Å². The molecule has 0 aliphatic heterocycles. The predicted molar refractivity (Wildman–Crippen MR) is 80.0 cm³/mol. The van der Waals surface area contributed by atoms with E-state index in [1.807, 2.05) is 0 Å². The number of aromatic nitrogens is 2. The smallest absolute Gasteiger partial charge is 0.338 e. The Morgan fingerprint density at radius 2 is 2.00 bits per heavy atom. The fourth-order valence-corrected chi connectivity index (χ4v) is 2.41. The molecular formula is C14H15F3N4OS. The van der Waals surface area contributed by atoms with Crippen LogP contribution in [-0.2, 0) is 12.6 Å². The normalized spacial score (nSPS) is 12.7. The first-order chi connectivity index (χ1) is 10.9. The van der Waals surface area contributed by atoms with E-state index in [0.29, 0.717) is 18.7 Å². The molecule has 5 nitrogen and oxygen atoms in total. The average molecular weight is 344 g/mol. The van der Waals surface area contributed by atoms with Crippen LogP contribution in [-0.4, -0.2) is 22.2 Å². The number of alkyl halides is 3. The van der Waals surface area contributed by atoms with Gasteiger partial charge in [0.05, 0.1) is 17.3 Å². The molecule has 0 bridgehead atoms. The van der Waals surface area contributed by atoms with Crippen LogP contribution in [0.5, 0.6) is 0 Å². The lowest BCUT2D eigenvalue weighted by atomic mass is 10.1. The Morgan fingerprint density at radius 1 is 1.30 bits per heavy atom. The van der Waals surface area contributed by atoms with Crippen LogP contribution in [0.25, 0.3) is 0 Å². The summed E-state index contributed by atoms with van der Waals surface area (Å²) in [5.41, 5.74) is 0.709. The van der Waals surface area contributed by atoms with Gasteiger partial charge >= 0.3 is 12.2 Å². The molecule has 0 fully saturated rings. The Bertz CT molecular complexity index is 628. The second-order valence-electron chi connectivity index (χ2n) is 4.90. The molecule has 0 aliphatic carbocycles. The Hall–Kier alpha value is -2.16. The summed E-state index contributed by atoms with van der Waals surface area (Å²) in [7, 11) is 0. The fraction of sp³-hybridized carbons (Fsp3) is 0.357. The maximum atomic E-state index is 12.4. The van der Waals surface area contributed by atoms with Gasteiger partial charge in [0.25, 0.3) is 0 Å². The highest BCUT2D eigenvalue weighted by atomic mass is 32.1. The Labute approximate surface area is 135 Å². The minimum Gasteiger partial charge on any atom is -0.338 e. The molecule has 9 heteroatoms. The summed E-state index contributed by atoms with van der Waals surface area (Å²) in [4.78, 5) is 11.7. The SMILES string of the molecule is CC(NC(=O)NCCc1ccc(C(F)(F)F)cc1)c1csnn1. The Morgan fingerprint density at radius 3 is 2.57 bits per heavy atom. The van der Waals surface area contributed by atoms with E-state index in [1.165, 1.54) is 23.7 Å². The van der Waals surface area contributed by atoms with Crippen LogP contribution in [0.4, 0.5) is 18.0 Å². The summed E-state index contributed by atoms with van der Waals surface area (Å²) in [5, 5.41) is 11.0. The van der Waals surface area contributed by atoms with E-state index < -0.39 is 11.7 Å². The molecule has 1 heterocycles. The first kappa shape index (κ1) is 17.2.